The lowest BCUT2D eigenvalue weighted by Crippen LogP contribution is -2.41. The van der Waals surface area contributed by atoms with Crippen molar-refractivity contribution in [2.45, 2.75) is 20.4 Å². The summed E-state index contributed by atoms with van der Waals surface area (Å²) >= 11 is 6.04. The van der Waals surface area contributed by atoms with E-state index in [-0.39, 0.29) is 13.2 Å². The van der Waals surface area contributed by atoms with Crippen LogP contribution in [0.4, 0.5) is 0 Å². The molecule has 0 saturated carbocycles. The van der Waals surface area contributed by atoms with E-state index >= 15 is 0 Å². The van der Waals surface area contributed by atoms with Gasteiger partial charge in [0.15, 0.2) is 0 Å². The third kappa shape index (κ3) is 5.05. The molecule has 25 heavy (non-hydrogen) atoms. The van der Waals surface area contributed by atoms with Crippen LogP contribution >= 0.6 is 11.6 Å². The molecule has 0 unspecified atom stereocenters. The molecule has 1 amide bonds. The normalized spacial score (nSPS) is 11.0. The quantitative estimate of drug-likeness (QED) is 0.480. The fraction of sp³-hybridized carbons (Fsp3) is 0.263. The summed E-state index contributed by atoms with van der Waals surface area (Å²) in [4.78, 5) is 24.5. The van der Waals surface area contributed by atoms with E-state index in [1.54, 1.807) is 68.4 Å². The highest BCUT2D eigenvalue weighted by Crippen LogP contribution is 2.23. The van der Waals surface area contributed by atoms with Crippen LogP contribution in [0.1, 0.15) is 29.8 Å². The Balaban J connectivity index is 1.97. The van der Waals surface area contributed by atoms with Crippen molar-refractivity contribution in [1.29, 1.82) is 0 Å². The molecule has 5 nitrogen and oxygen atoms in total. The fourth-order valence-electron chi connectivity index (χ4n) is 2.17. The van der Waals surface area contributed by atoms with Gasteiger partial charge < -0.3 is 4.74 Å². The van der Waals surface area contributed by atoms with Gasteiger partial charge in [-0.2, -0.15) is 0 Å². The van der Waals surface area contributed by atoms with E-state index in [2.05, 4.69) is 0 Å². The third-order valence-electron chi connectivity index (χ3n) is 3.66. The number of halogens is 1. The first-order valence-corrected chi connectivity index (χ1v) is 8.15. The summed E-state index contributed by atoms with van der Waals surface area (Å²) in [6.07, 6.45) is 0. The SMILES string of the molecule is CC(C)(COC(=O)c1ccccc1)C(=O)N(O)Cc1ccccc1Cl. The molecule has 0 aliphatic rings. The van der Waals surface area contributed by atoms with Crippen LogP contribution in [0.5, 0.6) is 0 Å². The topological polar surface area (TPSA) is 66.8 Å². The van der Waals surface area contributed by atoms with E-state index in [4.69, 9.17) is 16.3 Å². The molecule has 6 heteroatoms. The molecule has 0 saturated heterocycles. The molecular formula is C19H20ClNO4. The van der Waals surface area contributed by atoms with Crippen LogP contribution in [0, 0.1) is 5.41 Å². The van der Waals surface area contributed by atoms with Crippen molar-refractivity contribution in [2.24, 2.45) is 5.41 Å². The number of carbonyl (C=O) groups is 2. The zero-order chi connectivity index (χ0) is 18.4. The van der Waals surface area contributed by atoms with Crippen molar-refractivity contribution in [2.75, 3.05) is 6.61 Å². The highest BCUT2D eigenvalue weighted by Gasteiger charge is 2.33. The molecule has 0 aliphatic heterocycles. The van der Waals surface area contributed by atoms with Gasteiger partial charge in [-0.3, -0.25) is 10.0 Å². The van der Waals surface area contributed by atoms with Gasteiger partial charge in [-0.1, -0.05) is 48.0 Å². The molecule has 0 atom stereocenters. The molecule has 0 bridgehead atoms. The summed E-state index contributed by atoms with van der Waals surface area (Å²) in [5, 5.41) is 11.2. The minimum atomic E-state index is -1.08. The number of rotatable bonds is 6. The Morgan fingerprint density at radius 1 is 1.08 bits per heavy atom. The van der Waals surface area contributed by atoms with E-state index in [0.29, 0.717) is 21.2 Å². The van der Waals surface area contributed by atoms with Gasteiger partial charge in [0, 0.05) is 5.02 Å². The Hall–Kier alpha value is -2.37. The number of ether oxygens (including phenoxy) is 1. The first kappa shape index (κ1) is 19.0. The second-order valence-corrected chi connectivity index (χ2v) is 6.69. The van der Waals surface area contributed by atoms with Crippen LogP contribution in [0.15, 0.2) is 54.6 Å². The number of nitrogens with zero attached hydrogens (tertiary/aromatic N) is 1. The number of benzene rings is 2. The predicted octanol–water partition coefficient (Wildman–Crippen LogP) is 3.94. The molecule has 132 valence electrons. The number of hydroxylamine groups is 2. The van der Waals surface area contributed by atoms with Crippen LogP contribution in [0.2, 0.25) is 5.02 Å². The highest BCUT2D eigenvalue weighted by atomic mass is 35.5. The molecule has 0 radical (unpaired) electrons. The van der Waals surface area contributed by atoms with Crippen molar-refractivity contribution in [3.63, 3.8) is 0 Å². The standard InChI is InChI=1S/C19H20ClNO4/c1-19(2,13-25-17(22)14-8-4-3-5-9-14)18(23)21(24)12-15-10-6-7-11-16(15)20/h3-11,24H,12-13H2,1-2H3. The highest BCUT2D eigenvalue weighted by molar-refractivity contribution is 6.31. The van der Waals surface area contributed by atoms with Gasteiger partial charge in [-0.15, -0.1) is 0 Å². The summed E-state index contributed by atoms with van der Waals surface area (Å²) in [7, 11) is 0. The Morgan fingerprint density at radius 2 is 1.68 bits per heavy atom. The van der Waals surface area contributed by atoms with Gasteiger partial charge >= 0.3 is 5.97 Å². The fourth-order valence-corrected chi connectivity index (χ4v) is 2.37. The Morgan fingerprint density at radius 3 is 2.32 bits per heavy atom. The Labute approximate surface area is 151 Å². The van der Waals surface area contributed by atoms with Gasteiger partial charge in [-0.25, -0.2) is 9.86 Å². The summed E-state index contributed by atoms with van der Waals surface area (Å²) in [6, 6.07) is 15.5. The molecule has 2 rings (SSSR count). The lowest BCUT2D eigenvalue weighted by atomic mass is 9.93. The van der Waals surface area contributed by atoms with Crippen LogP contribution in [-0.4, -0.2) is 28.8 Å². The first-order valence-electron chi connectivity index (χ1n) is 7.78. The lowest BCUT2D eigenvalue weighted by molar-refractivity contribution is -0.180. The third-order valence-corrected chi connectivity index (χ3v) is 4.03. The summed E-state index contributed by atoms with van der Waals surface area (Å²) in [5.41, 5.74) is -0.0553. The maximum absolute atomic E-state index is 12.5. The van der Waals surface area contributed by atoms with Gasteiger partial charge in [0.1, 0.15) is 6.61 Å². The summed E-state index contributed by atoms with van der Waals surface area (Å²) in [6.45, 7) is 3.00. The molecule has 0 spiro atoms. The van der Waals surface area contributed by atoms with Crippen LogP contribution in [0.3, 0.4) is 0 Å². The van der Waals surface area contributed by atoms with E-state index in [9.17, 15) is 14.8 Å². The predicted molar refractivity (Wildman–Crippen MR) is 94.3 cm³/mol. The average Bonchev–Trinajstić information content (AvgIpc) is 2.61. The lowest BCUT2D eigenvalue weighted by Gasteiger charge is -2.27. The molecule has 0 fully saturated rings. The van der Waals surface area contributed by atoms with Crippen LogP contribution < -0.4 is 0 Å². The van der Waals surface area contributed by atoms with Crippen molar-refractivity contribution in [1.82, 2.24) is 5.06 Å². The molecule has 2 aromatic carbocycles. The average molecular weight is 362 g/mol. The second-order valence-electron chi connectivity index (χ2n) is 6.28. The number of amides is 1. The smallest absolute Gasteiger partial charge is 0.338 e. The largest absolute Gasteiger partial charge is 0.461 e. The van der Waals surface area contributed by atoms with Gasteiger partial charge in [-0.05, 0) is 37.6 Å². The first-order chi connectivity index (χ1) is 11.8. The maximum Gasteiger partial charge on any atom is 0.338 e. The number of hydrogen-bond acceptors (Lipinski definition) is 4. The maximum atomic E-state index is 12.5. The number of hydrogen-bond donors (Lipinski definition) is 1. The summed E-state index contributed by atoms with van der Waals surface area (Å²) < 4.78 is 5.21. The van der Waals surface area contributed by atoms with E-state index in [1.807, 2.05) is 0 Å². The second kappa shape index (κ2) is 8.14. The molecule has 1 N–H and O–H groups in total. The zero-order valence-corrected chi connectivity index (χ0v) is 14.9. The van der Waals surface area contributed by atoms with E-state index in [0.717, 1.165) is 0 Å². The van der Waals surface area contributed by atoms with Crippen LogP contribution in [-0.2, 0) is 16.1 Å². The zero-order valence-electron chi connectivity index (χ0n) is 14.1. The summed E-state index contributed by atoms with van der Waals surface area (Å²) in [5.74, 6) is -1.08. The Bertz CT molecular complexity index is 746. The van der Waals surface area contributed by atoms with Gasteiger partial charge in [0.2, 0.25) is 0 Å². The molecule has 2 aromatic rings. The van der Waals surface area contributed by atoms with Crippen molar-refractivity contribution in [3.05, 3.63) is 70.7 Å². The van der Waals surface area contributed by atoms with Crippen molar-refractivity contribution in [3.8, 4) is 0 Å². The van der Waals surface area contributed by atoms with Gasteiger partial charge in [0.25, 0.3) is 5.91 Å². The molecule has 0 aliphatic carbocycles. The van der Waals surface area contributed by atoms with E-state index < -0.39 is 17.3 Å². The van der Waals surface area contributed by atoms with Crippen molar-refractivity contribution < 1.29 is 19.5 Å². The minimum Gasteiger partial charge on any atom is -0.461 e. The number of carbonyl (C=O) groups excluding carboxylic acids is 2. The van der Waals surface area contributed by atoms with Gasteiger partial charge in [0.05, 0.1) is 17.5 Å². The molecule has 0 heterocycles. The van der Waals surface area contributed by atoms with E-state index in [1.165, 1.54) is 0 Å². The van der Waals surface area contributed by atoms with Crippen LogP contribution in [0.25, 0.3) is 0 Å². The Kier molecular flexibility index (Phi) is 6.17. The molecular weight excluding hydrogens is 342 g/mol. The van der Waals surface area contributed by atoms with Crippen molar-refractivity contribution >= 4 is 23.5 Å². The minimum absolute atomic E-state index is 0.0471. The number of esters is 1. The monoisotopic (exact) mass is 361 g/mol. The molecule has 0 aromatic heterocycles.